The van der Waals surface area contributed by atoms with Crippen LogP contribution in [0.2, 0.25) is 0 Å². The Morgan fingerprint density at radius 3 is 1.14 bits per heavy atom. The number of carbonyl (C=O) groups is 2. The topological polar surface area (TPSA) is 239 Å². The third kappa shape index (κ3) is 11.7. The molecule has 0 saturated heterocycles. The molecule has 14 nitrogen and oxygen atoms in total. The van der Waals surface area contributed by atoms with Crippen LogP contribution in [0.1, 0.15) is 11.1 Å². The first-order chi connectivity index (χ1) is 20.1. The summed E-state index contributed by atoms with van der Waals surface area (Å²) in [6, 6.07) is 11.1. The first kappa shape index (κ1) is 36.4. The molecule has 0 saturated carbocycles. The molecule has 2 aromatic rings. The number of carbonyl (C=O) groups excluding carboxylic acids is 2. The minimum atomic E-state index is -1.67. The SMILES string of the molecule is COc1ccc(C=N[C@@H](C=O)[C@@H](O)[C@H](O)[C@H](O)CO)cc1.COc1ccc(C=N[C@@H](C=O)[C@@H](O)[C@H](O)[C@H](O)CO)cc1. The normalized spacial score (nSPS) is 17.2. The van der Waals surface area contributed by atoms with Crippen LogP contribution in [-0.4, -0.2) is 142 Å². The maximum atomic E-state index is 10.9. The van der Waals surface area contributed by atoms with E-state index in [1.165, 1.54) is 26.6 Å². The molecule has 0 aliphatic rings. The van der Waals surface area contributed by atoms with Crippen molar-refractivity contribution in [1.29, 1.82) is 0 Å². The first-order valence-corrected chi connectivity index (χ1v) is 12.6. The van der Waals surface area contributed by atoms with Crippen LogP contribution in [0.4, 0.5) is 0 Å². The van der Waals surface area contributed by atoms with Gasteiger partial charge in [0.2, 0.25) is 0 Å². The van der Waals surface area contributed by atoms with Crippen LogP contribution in [0.3, 0.4) is 0 Å². The molecule has 14 heteroatoms. The Morgan fingerprint density at radius 2 is 0.905 bits per heavy atom. The molecule has 2 aromatic carbocycles. The molecule has 8 N–H and O–H groups in total. The molecule has 0 radical (unpaired) electrons. The highest BCUT2D eigenvalue weighted by Gasteiger charge is 2.31. The van der Waals surface area contributed by atoms with Gasteiger partial charge in [0, 0.05) is 12.4 Å². The summed E-state index contributed by atoms with van der Waals surface area (Å²) in [4.78, 5) is 29.6. The van der Waals surface area contributed by atoms with Gasteiger partial charge < -0.3 is 59.9 Å². The average Bonchev–Trinajstić information content (AvgIpc) is 3.04. The summed E-state index contributed by atoms with van der Waals surface area (Å²) in [6.07, 6.45) is -6.21. The van der Waals surface area contributed by atoms with Crippen molar-refractivity contribution in [1.82, 2.24) is 0 Å². The third-order valence-corrected chi connectivity index (χ3v) is 5.86. The molecule has 0 aliphatic carbocycles. The van der Waals surface area contributed by atoms with E-state index in [2.05, 4.69) is 9.98 Å². The fraction of sp³-hybridized carbons (Fsp3) is 0.429. The van der Waals surface area contributed by atoms with E-state index in [9.17, 15) is 40.2 Å². The maximum absolute atomic E-state index is 10.9. The van der Waals surface area contributed by atoms with Gasteiger partial charge in [0.25, 0.3) is 0 Å². The number of hydrogen-bond donors (Lipinski definition) is 8. The molecule has 0 heterocycles. The van der Waals surface area contributed by atoms with E-state index in [0.29, 0.717) is 35.2 Å². The van der Waals surface area contributed by atoms with E-state index in [0.717, 1.165) is 0 Å². The second-order valence-corrected chi connectivity index (χ2v) is 8.82. The lowest BCUT2D eigenvalue weighted by atomic mass is 10.0. The number of aliphatic hydroxyl groups excluding tert-OH is 8. The molecule has 0 bridgehead atoms. The number of aliphatic hydroxyl groups is 8. The third-order valence-electron chi connectivity index (χ3n) is 5.86. The molecule has 2 rings (SSSR count). The summed E-state index contributed by atoms with van der Waals surface area (Å²) in [5.41, 5.74) is 1.35. The number of nitrogens with zero attached hydrogens (tertiary/aromatic N) is 2. The second-order valence-electron chi connectivity index (χ2n) is 8.82. The average molecular weight is 595 g/mol. The molecule has 0 aromatic heterocycles. The monoisotopic (exact) mass is 594 g/mol. The van der Waals surface area contributed by atoms with Crippen molar-refractivity contribution in [2.45, 2.75) is 48.7 Å². The van der Waals surface area contributed by atoms with Gasteiger partial charge >= 0.3 is 0 Å². The van der Waals surface area contributed by atoms with Crippen LogP contribution < -0.4 is 9.47 Å². The summed E-state index contributed by atoms with van der Waals surface area (Å²) < 4.78 is 10.00. The molecular weight excluding hydrogens is 556 g/mol. The molecule has 0 unspecified atom stereocenters. The molecule has 0 aliphatic heterocycles. The fourth-order valence-corrected chi connectivity index (χ4v) is 3.21. The number of ether oxygens (including phenoxy) is 2. The summed E-state index contributed by atoms with van der Waals surface area (Å²) in [5.74, 6) is 1.33. The number of rotatable bonds is 16. The lowest BCUT2D eigenvalue weighted by Crippen LogP contribution is -2.45. The minimum absolute atomic E-state index is 0.359. The van der Waals surface area contributed by atoms with Crippen LogP contribution in [0.5, 0.6) is 11.5 Å². The Kier molecular flexibility index (Phi) is 16.9. The largest absolute Gasteiger partial charge is 0.497 e. The smallest absolute Gasteiger partial charge is 0.147 e. The Balaban J connectivity index is 0.000000420. The van der Waals surface area contributed by atoms with Crippen LogP contribution in [0.25, 0.3) is 0 Å². The standard InChI is InChI=1S/2C14H19NO6/c2*1-21-10-4-2-9(3-5-10)6-15-11(7-16)13(19)14(20)12(18)8-17/h2*2-7,11-14,17-20H,8H2,1H3/t2*11-,12+,13+,14+/m00/s1. The van der Waals surface area contributed by atoms with E-state index >= 15 is 0 Å². The number of methoxy groups -OCH3 is 2. The highest BCUT2D eigenvalue weighted by molar-refractivity contribution is 5.82. The number of aliphatic imine (C=N–C) groups is 2. The van der Waals surface area contributed by atoms with E-state index in [1.54, 1.807) is 48.5 Å². The summed E-state index contributed by atoms with van der Waals surface area (Å²) >= 11 is 0. The highest BCUT2D eigenvalue weighted by Crippen LogP contribution is 2.12. The number of benzene rings is 2. The Morgan fingerprint density at radius 1 is 0.595 bits per heavy atom. The van der Waals surface area contributed by atoms with E-state index in [4.69, 9.17) is 19.7 Å². The Hall–Kier alpha value is -3.60. The lowest BCUT2D eigenvalue weighted by Gasteiger charge is -2.23. The second kappa shape index (κ2) is 19.5. The molecular formula is C28H38N2O12. The summed E-state index contributed by atoms with van der Waals surface area (Å²) in [7, 11) is 3.07. The van der Waals surface area contributed by atoms with Gasteiger partial charge in [-0.05, 0) is 59.7 Å². The van der Waals surface area contributed by atoms with Crippen molar-refractivity contribution < 1.29 is 59.9 Å². The van der Waals surface area contributed by atoms with Crippen LogP contribution in [0.15, 0.2) is 58.5 Å². The molecule has 0 amide bonds. The Labute approximate surface area is 242 Å². The van der Waals surface area contributed by atoms with Gasteiger partial charge in [0.05, 0.1) is 27.4 Å². The zero-order chi connectivity index (χ0) is 31.7. The van der Waals surface area contributed by atoms with Gasteiger partial charge in [-0.3, -0.25) is 9.98 Å². The zero-order valence-corrected chi connectivity index (χ0v) is 23.1. The fourth-order valence-electron chi connectivity index (χ4n) is 3.21. The quantitative estimate of drug-likeness (QED) is 0.0744. The Bertz CT molecular complexity index is 1010. The van der Waals surface area contributed by atoms with Crippen molar-refractivity contribution in [2.75, 3.05) is 27.4 Å². The minimum Gasteiger partial charge on any atom is -0.497 e. The van der Waals surface area contributed by atoms with Crippen molar-refractivity contribution >= 4 is 25.0 Å². The van der Waals surface area contributed by atoms with Crippen LogP contribution in [0, 0.1) is 0 Å². The molecule has 232 valence electrons. The van der Waals surface area contributed by atoms with Gasteiger partial charge in [-0.1, -0.05) is 0 Å². The molecule has 0 spiro atoms. The van der Waals surface area contributed by atoms with Gasteiger partial charge in [0.1, 0.15) is 72.8 Å². The first-order valence-electron chi connectivity index (χ1n) is 12.6. The molecule has 0 fully saturated rings. The van der Waals surface area contributed by atoms with E-state index in [1.807, 2.05) is 0 Å². The van der Waals surface area contributed by atoms with Crippen molar-refractivity contribution in [2.24, 2.45) is 9.98 Å². The predicted octanol–water partition coefficient (Wildman–Crippen LogP) is -2.49. The van der Waals surface area contributed by atoms with E-state index in [-0.39, 0.29) is 0 Å². The van der Waals surface area contributed by atoms with Gasteiger partial charge in [-0.25, -0.2) is 0 Å². The summed E-state index contributed by atoms with van der Waals surface area (Å²) in [6.45, 7) is -1.46. The summed E-state index contributed by atoms with van der Waals surface area (Å²) in [5, 5.41) is 74.5. The van der Waals surface area contributed by atoms with Crippen LogP contribution in [-0.2, 0) is 9.59 Å². The van der Waals surface area contributed by atoms with Gasteiger partial charge in [0.15, 0.2) is 0 Å². The number of hydrogen-bond acceptors (Lipinski definition) is 14. The maximum Gasteiger partial charge on any atom is 0.147 e. The lowest BCUT2D eigenvalue weighted by molar-refractivity contribution is -0.118. The van der Waals surface area contributed by atoms with Crippen molar-refractivity contribution in [3.63, 3.8) is 0 Å². The van der Waals surface area contributed by atoms with Crippen molar-refractivity contribution in [3.8, 4) is 11.5 Å². The van der Waals surface area contributed by atoms with Gasteiger partial charge in [-0.15, -0.1) is 0 Å². The van der Waals surface area contributed by atoms with E-state index < -0.39 is 61.9 Å². The highest BCUT2D eigenvalue weighted by atomic mass is 16.5. The van der Waals surface area contributed by atoms with Crippen LogP contribution >= 0.6 is 0 Å². The molecule has 8 atom stereocenters. The van der Waals surface area contributed by atoms with Gasteiger partial charge in [-0.2, -0.15) is 0 Å². The molecule has 42 heavy (non-hydrogen) atoms. The predicted molar refractivity (Wildman–Crippen MR) is 151 cm³/mol. The van der Waals surface area contributed by atoms with Crippen molar-refractivity contribution in [3.05, 3.63) is 59.7 Å². The number of aldehydes is 2. The zero-order valence-electron chi connectivity index (χ0n) is 23.1.